The topological polar surface area (TPSA) is 70.1 Å². The smallest absolute Gasteiger partial charge is 0.396 e. The van der Waals surface area contributed by atoms with Gasteiger partial charge in [-0.25, -0.2) is 4.98 Å². The van der Waals surface area contributed by atoms with E-state index in [1.54, 1.807) is 6.07 Å². The molecule has 0 aliphatic heterocycles. The van der Waals surface area contributed by atoms with Crippen LogP contribution in [0.25, 0.3) is 0 Å². The molecule has 0 radical (unpaired) electrons. The van der Waals surface area contributed by atoms with Crippen molar-refractivity contribution in [1.29, 1.82) is 0 Å². The fourth-order valence-corrected chi connectivity index (χ4v) is 2.47. The van der Waals surface area contributed by atoms with Crippen LogP contribution in [-0.4, -0.2) is 28.2 Å². The number of nitrogens with one attached hydrogen (secondary N) is 2. The second-order valence-electron chi connectivity index (χ2n) is 5.07. The lowest BCUT2D eigenvalue weighted by atomic mass is 10.2. The molecule has 0 saturated carbocycles. The normalized spacial score (nSPS) is 11.4. The Morgan fingerprint density at radius 1 is 1.21 bits per heavy atom. The quantitative estimate of drug-likeness (QED) is 0.632. The first kappa shape index (κ1) is 18.5. The van der Waals surface area contributed by atoms with Gasteiger partial charge in [-0.2, -0.15) is 18.2 Å². The van der Waals surface area contributed by atoms with E-state index in [2.05, 4.69) is 36.5 Å². The van der Waals surface area contributed by atoms with Crippen molar-refractivity contribution in [3.8, 4) is 0 Å². The number of halogens is 4. The average Bonchev–Trinajstić information content (AvgIpc) is 2.49. The highest BCUT2D eigenvalue weighted by atomic mass is 79.9. The molecule has 0 fully saturated rings. The average molecular weight is 405 g/mol. The SMILES string of the molecule is Cc1ccc(Nc2cc(C(F)(F)F)nc(NCCCO)n2)c(Br)c1. The molecule has 130 valence electrons. The van der Waals surface area contributed by atoms with Crippen molar-refractivity contribution in [2.75, 3.05) is 23.8 Å². The standard InChI is InChI=1S/C15H16BrF3N4O/c1-9-3-4-11(10(16)7-9)21-13-8-12(15(17,18)19)22-14(23-13)20-5-2-6-24/h3-4,7-8,24H,2,5-6H2,1H3,(H2,20,21,22,23). The van der Waals surface area contributed by atoms with Gasteiger partial charge in [-0.15, -0.1) is 0 Å². The first-order chi connectivity index (χ1) is 11.3. The zero-order chi connectivity index (χ0) is 17.7. The van der Waals surface area contributed by atoms with Gasteiger partial charge in [0.25, 0.3) is 0 Å². The van der Waals surface area contributed by atoms with Crippen LogP contribution < -0.4 is 10.6 Å². The van der Waals surface area contributed by atoms with Gasteiger partial charge in [0.1, 0.15) is 5.82 Å². The molecule has 0 bridgehead atoms. The molecular formula is C15H16BrF3N4O. The van der Waals surface area contributed by atoms with Crippen molar-refractivity contribution in [2.24, 2.45) is 0 Å². The molecule has 0 aliphatic carbocycles. The number of aromatic nitrogens is 2. The van der Waals surface area contributed by atoms with E-state index >= 15 is 0 Å². The summed E-state index contributed by atoms with van der Waals surface area (Å²) in [6.45, 7) is 2.10. The third kappa shape index (κ3) is 5.07. The molecule has 0 atom stereocenters. The zero-order valence-corrected chi connectivity index (χ0v) is 14.4. The van der Waals surface area contributed by atoms with Gasteiger partial charge in [-0.3, -0.25) is 0 Å². The summed E-state index contributed by atoms with van der Waals surface area (Å²) in [5.41, 5.74) is 0.556. The van der Waals surface area contributed by atoms with Gasteiger partial charge in [0.05, 0.1) is 5.69 Å². The first-order valence-corrected chi connectivity index (χ1v) is 7.93. The van der Waals surface area contributed by atoms with Crippen LogP contribution >= 0.6 is 15.9 Å². The lowest BCUT2D eigenvalue weighted by Crippen LogP contribution is -2.14. The summed E-state index contributed by atoms with van der Waals surface area (Å²) in [5, 5.41) is 14.3. The number of alkyl halides is 3. The summed E-state index contributed by atoms with van der Waals surface area (Å²) < 4.78 is 39.7. The van der Waals surface area contributed by atoms with E-state index in [-0.39, 0.29) is 24.9 Å². The Bertz CT molecular complexity index is 710. The molecule has 1 aromatic carbocycles. The minimum absolute atomic E-state index is 0.0216. The van der Waals surface area contributed by atoms with Crippen molar-refractivity contribution in [3.05, 3.63) is 40.0 Å². The first-order valence-electron chi connectivity index (χ1n) is 7.14. The molecule has 0 aliphatic rings. The maximum atomic E-state index is 13.0. The number of nitrogens with zero attached hydrogens (tertiary/aromatic N) is 2. The molecule has 24 heavy (non-hydrogen) atoms. The maximum Gasteiger partial charge on any atom is 0.433 e. The molecule has 3 N–H and O–H groups in total. The number of aliphatic hydroxyl groups excluding tert-OH is 1. The minimum Gasteiger partial charge on any atom is -0.396 e. The van der Waals surface area contributed by atoms with Gasteiger partial charge in [0.15, 0.2) is 5.69 Å². The van der Waals surface area contributed by atoms with E-state index in [1.807, 2.05) is 19.1 Å². The van der Waals surface area contributed by atoms with Crippen molar-refractivity contribution in [2.45, 2.75) is 19.5 Å². The molecule has 0 spiro atoms. The van der Waals surface area contributed by atoms with Gasteiger partial charge in [0, 0.05) is 23.7 Å². The summed E-state index contributed by atoms with van der Waals surface area (Å²) >= 11 is 3.36. The van der Waals surface area contributed by atoms with Crippen LogP contribution in [0.4, 0.5) is 30.6 Å². The van der Waals surface area contributed by atoms with E-state index < -0.39 is 11.9 Å². The van der Waals surface area contributed by atoms with Gasteiger partial charge < -0.3 is 15.7 Å². The fraction of sp³-hybridized carbons (Fsp3) is 0.333. The highest BCUT2D eigenvalue weighted by Crippen LogP contribution is 2.32. The lowest BCUT2D eigenvalue weighted by Gasteiger charge is -2.13. The van der Waals surface area contributed by atoms with Crippen LogP contribution in [0.3, 0.4) is 0 Å². The van der Waals surface area contributed by atoms with E-state index in [0.717, 1.165) is 11.6 Å². The summed E-state index contributed by atoms with van der Waals surface area (Å²) in [4.78, 5) is 7.52. The second-order valence-corrected chi connectivity index (χ2v) is 5.93. The van der Waals surface area contributed by atoms with Crippen molar-refractivity contribution in [3.63, 3.8) is 0 Å². The highest BCUT2D eigenvalue weighted by molar-refractivity contribution is 9.10. The molecule has 0 unspecified atom stereocenters. The molecule has 9 heteroatoms. The Morgan fingerprint density at radius 2 is 1.96 bits per heavy atom. The van der Waals surface area contributed by atoms with Gasteiger partial charge in [-0.1, -0.05) is 6.07 Å². The molecule has 2 aromatic rings. The maximum absolute atomic E-state index is 13.0. The summed E-state index contributed by atoms with van der Waals surface area (Å²) in [7, 11) is 0. The Hall–Kier alpha value is -1.87. The summed E-state index contributed by atoms with van der Waals surface area (Å²) in [5.74, 6) is -0.127. The fourth-order valence-electron chi connectivity index (χ4n) is 1.87. The number of rotatable bonds is 6. The second kappa shape index (κ2) is 7.80. The van der Waals surface area contributed by atoms with E-state index in [1.165, 1.54) is 0 Å². The number of aliphatic hydroxyl groups is 1. The number of benzene rings is 1. The van der Waals surface area contributed by atoms with Crippen LogP contribution in [0.5, 0.6) is 0 Å². The van der Waals surface area contributed by atoms with Crippen LogP contribution in [-0.2, 0) is 6.18 Å². The van der Waals surface area contributed by atoms with Crippen molar-refractivity contribution >= 4 is 33.4 Å². The number of hydrogen-bond donors (Lipinski definition) is 3. The Labute approximate surface area is 145 Å². The van der Waals surface area contributed by atoms with E-state index in [9.17, 15) is 13.2 Å². The van der Waals surface area contributed by atoms with Crippen LogP contribution in [0.15, 0.2) is 28.7 Å². The number of aryl methyl sites for hydroxylation is 1. The summed E-state index contributed by atoms with van der Waals surface area (Å²) in [6.07, 6.45) is -4.21. The highest BCUT2D eigenvalue weighted by Gasteiger charge is 2.33. The molecule has 2 rings (SSSR count). The molecule has 0 saturated heterocycles. The van der Waals surface area contributed by atoms with Crippen LogP contribution in [0, 0.1) is 6.92 Å². The third-order valence-electron chi connectivity index (χ3n) is 3.02. The van der Waals surface area contributed by atoms with E-state index in [4.69, 9.17) is 5.11 Å². The van der Waals surface area contributed by atoms with E-state index in [0.29, 0.717) is 16.6 Å². The third-order valence-corrected chi connectivity index (χ3v) is 3.68. The number of anilines is 3. The molecule has 1 heterocycles. The van der Waals surface area contributed by atoms with Crippen LogP contribution in [0.2, 0.25) is 0 Å². The Kier molecular flexibility index (Phi) is 6.00. The lowest BCUT2D eigenvalue weighted by molar-refractivity contribution is -0.141. The Morgan fingerprint density at radius 3 is 2.58 bits per heavy atom. The molecular weight excluding hydrogens is 389 g/mol. The monoisotopic (exact) mass is 404 g/mol. The molecule has 1 aromatic heterocycles. The summed E-state index contributed by atoms with van der Waals surface area (Å²) in [6, 6.07) is 6.27. The van der Waals surface area contributed by atoms with Crippen LogP contribution in [0.1, 0.15) is 17.7 Å². The van der Waals surface area contributed by atoms with Crippen molar-refractivity contribution < 1.29 is 18.3 Å². The predicted molar refractivity (Wildman–Crippen MR) is 89.4 cm³/mol. The van der Waals surface area contributed by atoms with Gasteiger partial charge in [0.2, 0.25) is 5.95 Å². The molecule has 5 nitrogen and oxygen atoms in total. The van der Waals surface area contributed by atoms with Gasteiger partial charge >= 0.3 is 6.18 Å². The van der Waals surface area contributed by atoms with Gasteiger partial charge in [-0.05, 0) is 47.0 Å². The minimum atomic E-state index is -4.59. The van der Waals surface area contributed by atoms with Crippen molar-refractivity contribution in [1.82, 2.24) is 9.97 Å². The zero-order valence-electron chi connectivity index (χ0n) is 12.8. The number of hydrogen-bond acceptors (Lipinski definition) is 5. The largest absolute Gasteiger partial charge is 0.433 e. The predicted octanol–water partition coefficient (Wildman–Crippen LogP) is 4.10. The molecule has 0 amide bonds. The Balaban J connectivity index is 2.31.